The van der Waals surface area contributed by atoms with Crippen LogP contribution in [0.4, 0.5) is 0 Å². The summed E-state index contributed by atoms with van der Waals surface area (Å²) in [6, 6.07) is 0. The van der Waals surface area contributed by atoms with Crippen LogP contribution in [0.15, 0.2) is 0 Å². The molecule has 2 fully saturated rings. The maximum absolute atomic E-state index is 11.4. The van der Waals surface area contributed by atoms with Crippen molar-refractivity contribution in [2.24, 2.45) is 11.8 Å². The number of aliphatic hydroxyl groups excluding tert-OH is 1. The molecule has 0 aromatic carbocycles. The first kappa shape index (κ1) is 10.1. The fourth-order valence-electron chi connectivity index (χ4n) is 2.54. The first-order valence-electron chi connectivity index (χ1n) is 4.91. The highest BCUT2D eigenvalue weighted by atomic mass is 32.2. The molecule has 0 spiro atoms. The van der Waals surface area contributed by atoms with E-state index < -0.39 is 15.9 Å². The summed E-state index contributed by atoms with van der Waals surface area (Å²) in [6.07, 6.45) is 1.31. The van der Waals surface area contributed by atoms with E-state index in [1.54, 1.807) is 0 Å². The summed E-state index contributed by atoms with van der Waals surface area (Å²) < 4.78 is 22.5. The van der Waals surface area contributed by atoms with Gasteiger partial charge in [0.1, 0.15) is 5.78 Å². The molecule has 0 bridgehead atoms. The summed E-state index contributed by atoms with van der Waals surface area (Å²) in [4.78, 5) is 11.4. The van der Waals surface area contributed by atoms with Gasteiger partial charge in [0.15, 0.2) is 9.84 Å². The molecule has 2 aliphatic rings. The zero-order valence-corrected chi connectivity index (χ0v) is 8.66. The second-order valence-electron chi connectivity index (χ2n) is 4.27. The molecule has 0 aromatic heterocycles. The molecule has 2 rings (SSSR count). The van der Waals surface area contributed by atoms with Crippen molar-refractivity contribution in [2.45, 2.75) is 25.4 Å². The number of hydrogen-bond donors (Lipinski definition) is 1. The lowest BCUT2D eigenvalue weighted by atomic mass is 9.88. The molecule has 1 aliphatic heterocycles. The van der Waals surface area contributed by atoms with E-state index in [4.69, 9.17) is 0 Å². The van der Waals surface area contributed by atoms with Gasteiger partial charge in [0, 0.05) is 18.3 Å². The molecular formula is C9H14O4S. The molecule has 1 N–H and O–H groups in total. The van der Waals surface area contributed by atoms with Gasteiger partial charge in [-0.25, -0.2) is 8.42 Å². The molecule has 0 aromatic rings. The second kappa shape index (κ2) is 3.31. The van der Waals surface area contributed by atoms with Crippen molar-refractivity contribution in [3.63, 3.8) is 0 Å². The van der Waals surface area contributed by atoms with Gasteiger partial charge in [-0.3, -0.25) is 4.79 Å². The number of sulfone groups is 1. The zero-order valence-electron chi connectivity index (χ0n) is 7.85. The van der Waals surface area contributed by atoms with Gasteiger partial charge < -0.3 is 5.11 Å². The summed E-state index contributed by atoms with van der Waals surface area (Å²) in [5.41, 5.74) is 0. The Hall–Kier alpha value is -0.420. The lowest BCUT2D eigenvalue weighted by molar-refractivity contribution is -0.122. The highest BCUT2D eigenvalue weighted by molar-refractivity contribution is 7.91. The van der Waals surface area contributed by atoms with Crippen LogP contribution in [-0.2, 0) is 14.6 Å². The van der Waals surface area contributed by atoms with E-state index in [0.717, 1.165) is 12.8 Å². The van der Waals surface area contributed by atoms with Gasteiger partial charge in [-0.15, -0.1) is 0 Å². The van der Waals surface area contributed by atoms with Gasteiger partial charge in [-0.05, 0) is 12.8 Å². The first-order chi connectivity index (χ1) is 6.49. The lowest BCUT2D eigenvalue weighted by Crippen LogP contribution is -2.28. The van der Waals surface area contributed by atoms with Crippen molar-refractivity contribution >= 4 is 15.6 Å². The number of aliphatic hydroxyl groups is 1. The van der Waals surface area contributed by atoms with Gasteiger partial charge in [0.25, 0.3) is 0 Å². The van der Waals surface area contributed by atoms with Gasteiger partial charge in [-0.1, -0.05) is 0 Å². The molecule has 1 aliphatic carbocycles. The molecule has 4 nitrogen and oxygen atoms in total. The van der Waals surface area contributed by atoms with Crippen molar-refractivity contribution < 1.29 is 18.3 Å². The zero-order chi connectivity index (χ0) is 10.3. The van der Waals surface area contributed by atoms with Crippen molar-refractivity contribution in [1.29, 1.82) is 0 Å². The largest absolute Gasteiger partial charge is 0.392 e. The standard InChI is InChI=1S/C9H14O4S/c10-8-3-1-2-6(8)7-4-14(12,13)5-9(7)11/h6-7,9,11H,1-5H2. The summed E-state index contributed by atoms with van der Waals surface area (Å²) in [7, 11) is -3.11. The monoisotopic (exact) mass is 218 g/mol. The molecule has 0 radical (unpaired) electrons. The van der Waals surface area contributed by atoms with Crippen LogP contribution in [0.25, 0.3) is 0 Å². The minimum absolute atomic E-state index is 0.00935. The Labute approximate surface area is 83.2 Å². The molecule has 5 heteroatoms. The highest BCUT2D eigenvalue weighted by Crippen LogP contribution is 2.35. The number of ketones is 1. The van der Waals surface area contributed by atoms with E-state index in [-0.39, 0.29) is 29.1 Å². The van der Waals surface area contributed by atoms with Crippen molar-refractivity contribution in [1.82, 2.24) is 0 Å². The van der Waals surface area contributed by atoms with Crippen LogP contribution in [-0.4, -0.2) is 36.9 Å². The third kappa shape index (κ3) is 1.70. The fraction of sp³-hybridized carbons (Fsp3) is 0.889. The Morgan fingerprint density at radius 1 is 1.29 bits per heavy atom. The van der Waals surface area contributed by atoms with Gasteiger partial charge in [-0.2, -0.15) is 0 Å². The number of rotatable bonds is 1. The Morgan fingerprint density at radius 2 is 2.00 bits per heavy atom. The summed E-state index contributed by atoms with van der Waals surface area (Å²) in [5, 5.41) is 9.57. The van der Waals surface area contributed by atoms with E-state index in [1.165, 1.54) is 0 Å². The number of hydrogen-bond acceptors (Lipinski definition) is 4. The normalized spacial score (nSPS) is 41.8. The third-order valence-electron chi connectivity index (χ3n) is 3.23. The topological polar surface area (TPSA) is 71.4 Å². The Morgan fingerprint density at radius 3 is 2.43 bits per heavy atom. The summed E-state index contributed by atoms with van der Waals surface area (Å²) >= 11 is 0. The Kier molecular flexibility index (Phi) is 2.39. The molecule has 3 atom stereocenters. The van der Waals surface area contributed by atoms with E-state index in [0.29, 0.717) is 6.42 Å². The lowest BCUT2D eigenvalue weighted by Gasteiger charge is -2.18. The maximum Gasteiger partial charge on any atom is 0.153 e. The van der Waals surface area contributed by atoms with Gasteiger partial charge >= 0.3 is 0 Å². The van der Waals surface area contributed by atoms with E-state index in [2.05, 4.69) is 0 Å². The molecule has 1 saturated carbocycles. The van der Waals surface area contributed by atoms with Crippen LogP contribution in [0.3, 0.4) is 0 Å². The summed E-state index contributed by atoms with van der Waals surface area (Å²) in [5.74, 6) is -0.588. The smallest absolute Gasteiger partial charge is 0.153 e. The second-order valence-corrected chi connectivity index (χ2v) is 6.43. The van der Waals surface area contributed by atoms with E-state index in [1.807, 2.05) is 0 Å². The van der Waals surface area contributed by atoms with Crippen LogP contribution in [0.5, 0.6) is 0 Å². The quantitative estimate of drug-likeness (QED) is 0.659. The van der Waals surface area contributed by atoms with Crippen LogP contribution >= 0.6 is 0 Å². The maximum atomic E-state index is 11.4. The number of Topliss-reactive ketones (excluding diaryl/α,β-unsaturated/α-hetero) is 1. The number of carbonyl (C=O) groups excluding carboxylic acids is 1. The van der Waals surface area contributed by atoms with Crippen molar-refractivity contribution in [2.75, 3.05) is 11.5 Å². The SMILES string of the molecule is O=C1CCCC1C1CS(=O)(=O)CC1O. The molecule has 14 heavy (non-hydrogen) atoms. The van der Waals surface area contributed by atoms with Crippen LogP contribution in [0.1, 0.15) is 19.3 Å². The third-order valence-corrected chi connectivity index (χ3v) is 4.98. The predicted octanol–water partition coefficient (Wildman–Crippen LogP) is -0.239. The minimum Gasteiger partial charge on any atom is -0.392 e. The van der Waals surface area contributed by atoms with Gasteiger partial charge in [0.2, 0.25) is 0 Å². The molecular weight excluding hydrogens is 204 g/mol. The molecule has 80 valence electrons. The molecule has 0 amide bonds. The average Bonchev–Trinajstić information content (AvgIpc) is 2.55. The predicted molar refractivity (Wildman–Crippen MR) is 50.5 cm³/mol. The molecule has 1 saturated heterocycles. The Balaban J connectivity index is 2.16. The van der Waals surface area contributed by atoms with Crippen molar-refractivity contribution in [3.8, 4) is 0 Å². The summed E-state index contributed by atoms with van der Waals surface area (Å²) in [6.45, 7) is 0. The molecule has 1 heterocycles. The van der Waals surface area contributed by atoms with Crippen LogP contribution in [0, 0.1) is 11.8 Å². The highest BCUT2D eigenvalue weighted by Gasteiger charge is 2.44. The minimum atomic E-state index is -3.11. The van der Waals surface area contributed by atoms with Crippen molar-refractivity contribution in [3.05, 3.63) is 0 Å². The fourth-order valence-corrected chi connectivity index (χ4v) is 4.48. The van der Waals surface area contributed by atoms with Gasteiger partial charge in [0.05, 0.1) is 17.6 Å². The first-order valence-corrected chi connectivity index (χ1v) is 6.73. The number of carbonyl (C=O) groups is 1. The van der Waals surface area contributed by atoms with Crippen LogP contribution in [0.2, 0.25) is 0 Å². The van der Waals surface area contributed by atoms with E-state index in [9.17, 15) is 18.3 Å². The van der Waals surface area contributed by atoms with E-state index >= 15 is 0 Å². The van der Waals surface area contributed by atoms with Crippen LogP contribution < -0.4 is 0 Å². The Bertz CT molecular complexity index is 346. The molecule has 3 unspecified atom stereocenters. The average molecular weight is 218 g/mol.